The number of benzene rings is 1. The number of esters is 1. The minimum absolute atomic E-state index is 0.0846. The van der Waals surface area contributed by atoms with E-state index in [4.69, 9.17) is 9.47 Å². The maximum Gasteiger partial charge on any atom is 0.333 e. The maximum absolute atomic E-state index is 18.2. The van der Waals surface area contributed by atoms with E-state index in [1.807, 2.05) is 32.9 Å². The van der Waals surface area contributed by atoms with E-state index >= 15 is 4.39 Å². The molecule has 1 aromatic carbocycles. The van der Waals surface area contributed by atoms with Crippen LogP contribution in [0.1, 0.15) is 57.7 Å². The molecule has 0 unspecified atom stereocenters. The normalized spacial score (nSPS) is 37.1. The summed E-state index contributed by atoms with van der Waals surface area (Å²) in [5.41, 5.74) is -2.54. The van der Waals surface area contributed by atoms with Gasteiger partial charge in [0.2, 0.25) is 5.12 Å². The lowest BCUT2D eigenvalue weighted by atomic mass is 9.44. The topological polar surface area (TPSA) is 114 Å². The van der Waals surface area contributed by atoms with Crippen molar-refractivity contribution in [3.63, 3.8) is 0 Å². The lowest BCUT2D eigenvalue weighted by Gasteiger charge is -2.63. The van der Waals surface area contributed by atoms with E-state index in [0.29, 0.717) is 31.4 Å². The molecule has 3 fully saturated rings. The largest absolute Gasteiger partial charge is 0.447 e. The zero-order valence-corrected chi connectivity index (χ0v) is 26.1. The van der Waals surface area contributed by atoms with Gasteiger partial charge in [0.25, 0.3) is 0 Å². The molecule has 0 radical (unpaired) electrons. The molecule has 4 aliphatic carbocycles. The molecule has 1 aromatic heterocycles. The number of aliphatic hydroxyl groups excluding tert-OH is 1. The molecule has 0 saturated heterocycles. The van der Waals surface area contributed by atoms with Crippen molar-refractivity contribution >= 4 is 28.9 Å². The van der Waals surface area contributed by atoms with Crippen LogP contribution < -0.4 is 0 Å². The Bertz CT molecular complexity index is 1570. The second-order valence-corrected chi connectivity index (χ2v) is 14.2. The number of nitrogens with zero attached hydrogens (tertiary/aromatic N) is 3. The van der Waals surface area contributed by atoms with Crippen LogP contribution in [0.3, 0.4) is 0 Å². The van der Waals surface area contributed by atoms with Crippen LogP contribution in [0, 0.1) is 45.7 Å². The van der Waals surface area contributed by atoms with E-state index in [9.17, 15) is 24.3 Å². The monoisotopic (exact) mass is 625 g/mol. The Hall–Kier alpha value is -3.07. The standard InChI is InChI=1S/C33H37F2N3O5S/c1-19-13-25-24-10-5-21-14-26-20(17-37-38(26)23-8-6-22(34)7-9-23)15-30(21,2)32(24,35)27(39)16-31(25,3)33(19,29(41)44-12-11-36)43-28(40)18-42-4/h6-9,14,17,19,24-25,27,39H,5,10,12-13,15-16,18H2,1-4H3/t19-,24+,25+,27+,30+,31+,32+,33+/m1/s1. The van der Waals surface area contributed by atoms with Gasteiger partial charge in [-0.3, -0.25) is 4.79 Å². The van der Waals surface area contributed by atoms with Gasteiger partial charge in [-0.15, -0.1) is 0 Å². The minimum atomic E-state index is -2.02. The average molecular weight is 626 g/mol. The third-order valence-corrected chi connectivity index (χ3v) is 12.1. The van der Waals surface area contributed by atoms with Crippen molar-refractivity contribution < 1.29 is 33.0 Å². The third-order valence-electron chi connectivity index (χ3n) is 11.3. The Morgan fingerprint density at radius 2 is 1.98 bits per heavy atom. The van der Waals surface area contributed by atoms with Gasteiger partial charge in [-0.25, -0.2) is 18.3 Å². The number of rotatable bonds is 6. The number of carbonyl (C=O) groups excluding carboxylic acids is 2. The Labute approximate surface area is 259 Å². The van der Waals surface area contributed by atoms with E-state index in [1.54, 1.807) is 23.0 Å². The van der Waals surface area contributed by atoms with Crippen molar-refractivity contribution in [2.24, 2.45) is 28.6 Å². The van der Waals surface area contributed by atoms with Crippen LogP contribution >= 0.6 is 11.8 Å². The summed E-state index contributed by atoms with van der Waals surface area (Å²) in [7, 11) is 1.36. The highest BCUT2D eigenvalue weighted by molar-refractivity contribution is 8.14. The average Bonchev–Trinajstić information content (AvgIpc) is 3.47. The number of carbonyl (C=O) groups is 2. The van der Waals surface area contributed by atoms with Crippen LogP contribution in [0.15, 0.2) is 36.0 Å². The molecule has 1 heterocycles. The summed E-state index contributed by atoms with van der Waals surface area (Å²) in [6.45, 7) is 5.21. The number of alkyl halides is 1. The zero-order valence-electron chi connectivity index (χ0n) is 25.3. The number of aromatic nitrogens is 2. The number of hydrogen-bond donors (Lipinski definition) is 1. The van der Waals surface area contributed by atoms with Crippen LogP contribution in [0.2, 0.25) is 0 Å². The third kappa shape index (κ3) is 4.10. The van der Waals surface area contributed by atoms with E-state index < -0.39 is 51.1 Å². The molecule has 234 valence electrons. The summed E-state index contributed by atoms with van der Waals surface area (Å²) in [5.74, 6) is -2.61. The summed E-state index contributed by atoms with van der Waals surface area (Å²) in [4.78, 5) is 26.8. The van der Waals surface area contributed by atoms with Crippen LogP contribution in [-0.2, 0) is 25.5 Å². The van der Waals surface area contributed by atoms with Crippen molar-refractivity contribution in [1.82, 2.24) is 9.78 Å². The van der Waals surface area contributed by atoms with E-state index in [2.05, 4.69) is 5.10 Å². The number of halogens is 2. The highest BCUT2D eigenvalue weighted by Gasteiger charge is 2.77. The van der Waals surface area contributed by atoms with Gasteiger partial charge in [-0.1, -0.05) is 38.1 Å². The highest BCUT2D eigenvalue weighted by Crippen LogP contribution is 2.72. The van der Waals surface area contributed by atoms with Gasteiger partial charge in [-0.05, 0) is 73.9 Å². The van der Waals surface area contributed by atoms with Crippen molar-refractivity contribution in [2.45, 2.75) is 70.2 Å². The van der Waals surface area contributed by atoms with Crippen molar-refractivity contribution in [1.29, 1.82) is 5.26 Å². The summed E-state index contributed by atoms with van der Waals surface area (Å²) in [6.07, 6.45) is 3.95. The first-order valence-electron chi connectivity index (χ1n) is 15.0. The second kappa shape index (κ2) is 10.8. The Morgan fingerprint density at radius 3 is 2.66 bits per heavy atom. The number of fused-ring (bicyclic) bond motifs is 6. The van der Waals surface area contributed by atoms with Gasteiger partial charge >= 0.3 is 5.97 Å². The first-order valence-corrected chi connectivity index (χ1v) is 16.0. The molecule has 0 bridgehead atoms. The predicted octanol–water partition coefficient (Wildman–Crippen LogP) is 5.21. The molecule has 8 atom stereocenters. The molecule has 2 aromatic rings. The van der Waals surface area contributed by atoms with Gasteiger partial charge in [0.1, 0.15) is 18.1 Å². The van der Waals surface area contributed by atoms with Crippen LogP contribution in [0.4, 0.5) is 8.78 Å². The molecule has 44 heavy (non-hydrogen) atoms. The fourth-order valence-electron chi connectivity index (χ4n) is 9.39. The van der Waals surface area contributed by atoms with Crippen molar-refractivity contribution in [3.05, 3.63) is 53.1 Å². The fraction of sp³-hybridized carbons (Fsp3) is 0.576. The summed E-state index contributed by atoms with van der Waals surface area (Å²) < 4.78 is 44.5. The fourth-order valence-corrected chi connectivity index (χ4v) is 10.3. The maximum atomic E-state index is 18.2. The molecule has 0 aliphatic heterocycles. The summed E-state index contributed by atoms with van der Waals surface area (Å²) in [6, 6.07) is 8.02. The van der Waals surface area contributed by atoms with Gasteiger partial charge in [0.15, 0.2) is 5.60 Å². The molecule has 11 heteroatoms. The van der Waals surface area contributed by atoms with Crippen molar-refractivity contribution in [2.75, 3.05) is 19.5 Å². The number of hydrogen-bond acceptors (Lipinski definition) is 8. The molecular weight excluding hydrogens is 588 g/mol. The lowest BCUT2D eigenvalue weighted by Crippen LogP contribution is -2.70. The zero-order chi connectivity index (χ0) is 31.7. The summed E-state index contributed by atoms with van der Waals surface area (Å²) in [5, 5.41) is 25.3. The molecule has 8 nitrogen and oxygen atoms in total. The first kappa shape index (κ1) is 30.9. The second-order valence-electron chi connectivity index (χ2n) is 13.3. The van der Waals surface area contributed by atoms with Crippen molar-refractivity contribution in [3.8, 4) is 11.8 Å². The number of thioether (sulfide) groups is 1. The highest BCUT2D eigenvalue weighted by atomic mass is 32.2. The van der Waals surface area contributed by atoms with E-state index in [0.717, 1.165) is 28.6 Å². The molecule has 3 saturated carbocycles. The predicted molar refractivity (Wildman–Crippen MR) is 160 cm³/mol. The number of ether oxygens (including phenoxy) is 2. The van der Waals surface area contributed by atoms with E-state index in [1.165, 1.54) is 19.2 Å². The van der Waals surface area contributed by atoms with E-state index in [-0.39, 0.29) is 30.5 Å². The SMILES string of the molecule is COCC(=O)O[C@]1(C(=O)SCC#N)[C@H](C)C[C@H]2[C@@H]3CCC4=Cc5c(cnn5-c5ccc(F)cc5)C[C@]4(C)[C@@]3(F)[C@@H](O)C[C@@]21C. The molecule has 1 N–H and O–H groups in total. The van der Waals surface area contributed by atoms with Gasteiger partial charge in [-0.2, -0.15) is 10.4 Å². The molecule has 0 spiro atoms. The minimum Gasteiger partial charge on any atom is -0.447 e. The summed E-state index contributed by atoms with van der Waals surface area (Å²) >= 11 is 0.799. The van der Waals surface area contributed by atoms with Crippen LogP contribution in [0.5, 0.6) is 0 Å². The Balaban J connectivity index is 1.40. The smallest absolute Gasteiger partial charge is 0.333 e. The molecular formula is C33H37F2N3O5S. The van der Waals surface area contributed by atoms with Gasteiger partial charge in [0.05, 0.1) is 35.5 Å². The quantitative estimate of drug-likeness (QED) is 0.435. The van der Waals surface area contributed by atoms with Gasteiger partial charge in [0, 0.05) is 29.8 Å². The molecule has 0 amide bonds. The number of nitriles is 1. The lowest BCUT2D eigenvalue weighted by molar-refractivity contribution is -0.231. The Morgan fingerprint density at radius 1 is 1.25 bits per heavy atom. The van der Waals surface area contributed by atoms with Gasteiger partial charge < -0.3 is 14.6 Å². The first-order chi connectivity index (χ1) is 20.9. The Kier molecular flexibility index (Phi) is 7.58. The molecule has 4 aliphatic rings. The number of aliphatic hydroxyl groups is 1. The number of methoxy groups -OCH3 is 1. The number of allylic oxidation sites excluding steroid dienone is 1. The van der Waals surface area contributed by atoms with Crippen LogP contribution in [0.25, 0.3) is 11.8 Å². The van der Waals surface area contributed by atoms with Crippen LogP contribution in [-0.4, -0.2) is 62.8 Å². The molecule has 6 rings (SSSR count).